The number of nitro benzene ring substituents is 1. The monoisotopic (exact) mass is 350 g/mol. The van der Waals surface area contributed by atoms with Gasteiger partial charge in [-0.3, -0.25) is 10.1 Å². The van der Waals surface area contributed by atoms with Gasteiger partial charge in [-0.1, -0.05) is 30.4 Å². The number of benzene rings is 2. The fourth-order valence-electron chi connectivity index (χ4n) is 4.16. The molecule has 1 heterocycles. The molecule has 6 nitrogen and oxygen atoms in total. The first-order valence-electron chi connectivity index (χ1n) is 8.51. The van der Waals surface area contributed by atoms with Crippen LogP contribution in [0.25, 0.3) is 0 Å². The number of carbonyl (C=O) groups is 1. The van der Waals surface area contributed by atoms with E-state index in [0.29, 0.717) is 0 Å². The first-order valence-corrected chi connectivity index (χ1v) is 8.51. The van der Waals surface area contributed by atoms with Crippen molar-refractivity contribution in [1.29, 1.82) is 0 Å². The van der Waals surface area contributed by atoms with Gasteiger partial charge in [0.15, 0.2) is 0 Å². The van der Waals surface area contributed by atoms with E-state index in [0.717, 1.165) is 28.8 Å². The summed E-state index contributed by atoms with van der Waals surface area (Å²) in [6, 6.07) is 10.2. The molecule has 2 N–H and O–H groups in total. The highest BCUT2D eigenvalue weighted by Crippen LogP contribution is 2.53. The minimum absolute atomic E-state index is 0.0179. The van der Waals surface area contributed by atoms with Gasteiger partial charge >= 0.3 is 5.97 Å². The molecule has 1 aliphatic carbocycles. The highest BCUT2D eigenvalue weighted by molar-refractivity contribution is 5.87. The topological polar surface area (TPSA) is 92.5 Å². The van der Waals surface area contributed by atoms with Crippen molar-refractivity contribution in [2.24, 2.45) is 5.92 Å². The van der Waals surface area contributed by atoms with Crippen LogP contribution in [-0.2, 0) is 0 Å². The fourth-order valence-corrected chi connectivity index (χ4v) is 4.16. The first kappa shape index (κ1) is 16.3. The second-order valence-electron chi connectivity index (χ2n) is 6.85. The van der Waals surface area contributed by atoms with Crippen LogP contribution >= 0.6 is 0 Å². The van der Waals surface area contributed by atoms with Crippen molar-refractivity contribution in [3.63, 3.8) is 0 Å². The van der Waals surface area contributed by atoms with E-state index in [4.69, 9.17) is 5.11 Å². The van der Waals surface area contributed by atoms with Crippen LogP contribution in [0.1, 0.15) is 45.4 Å². The molecule has 4 rings (SSSR count). The lowest BCUT2D eigenvalue weighted by molar-refractivity contribution is -0.385. The highest BCUT2D eigenvalue weighted by atomic mass is 16.6. The summed E-state index contributed by atoms with van der Waals surface area (Å²) in [7, 11) is 0. The van der Waals surface area contributed by atoms with E-state index < -0.39 is 5.97 Å². The lowest BCUT2D eigenvalue weighted by Crippen LogP contribution is -2.30. The number of aryl methyl sites for hydroxylation is 1. The van der Waals surface area contributed by atoms with Crippen LogP contribution in [-0.4, -0.2) is 16.0 Å². The zero-order valence-electron chi connectivity index (χ0n) is 14.2. The number of allylic oxidation sites excluding steroid dienone is 2. The predicted molar refractivity (Wildman–Crippen MR) is 97.6 cm³/mol. The minimum atomic E-state index is -0.953. The Morgan fingerprint density at radius 2 is 1.96 bits per heavy atom. The van der Waals surface area contributed by atoms with Gasteiger partial charge in [0.2, 0.25) is 0 Å². The third-order valence-electron chi connectivity index (χ3n) is 5.42. The second kappa shape index (κ2) is 5.98. The molecule has 0 saturated heterocycles. The van der Waals surface area contributed by atoms with E-state index in [2.05, 4.69) is 17.5 Å². The summed E-state index contributed by atoms with van der Waals surface area (Å²) in [5, 5.41) is 24.1. The molecule has 26 heavy (non-hydrogen) atoms. The average Bonchev–Trinajstić information content (AvgIpc) is 3.11. The Bertz CT molecular complexity index is 934. The molecule has 0 spiro atoms. The number of rotatable bonds is 3. The summed E-state index contributed by atoms with van der Waals surface area (Å²) >= 11 is 0. The summed E-state index contributed by atoms with van der Waals surface area (Å²) in [4.78, 5) is 22.3. The van der Waals surface area contributed by atoms with Crippen molar-refractivity contribution in [2.75, 3.05) is 5.32 Å². The lowest BCUT2D eigenvalue weighted by atomic mass is 9.75. The number of hydrogen-bond acceptors (Lipinski definition) is 4. The van der Waals surface area contributed by atoms with E-state index in [-0.39, 0.29) is 34.1 Å². The van der Waals surface area contributed by atoms with E-state index in [9.17, 15) is 14.9 Å². The van der Waals surface area contributed by atoms with Crippen LogP contribution < -0.4 is 5.32 Å². The fraction of sp³-hybridized carbons (Fsp3) is 0.250. The largest absolute Gasteiger partial charge is 0.478 e. The smallest absolute Gasteiger partial charge is 0.335 e. The SMILES string of the molecule is Cc1ccc([N+](=O)[O-])c2c1N[C@H](c1ccc(C(=O)O)cc1)[C@@H]1CC=C[C@H]21. The number of hydrogen-bond donors (Lipinski definition) is 2. The maximum absolute atomic E-state index is 11.5. The number of nitro groups is 1. The van der Waals surface area contributed by atoms with Gasteiger partial charge in [-0.15, -0.1) is 0 Å². The number of carboxylic acid groups (broad SMARTS) is 1. The Balaban J connectivity index is 1.81. The van der Waals surface area contributed by atoms with Gasteiger partial charge < -0.3 is 10.4 Å². The van der Waals surface area contributed by atoms with Gasteiger partial charge in [-0.05, 0) is 42.5 Å². The molecule has 0 unspecified atom stereocenters. The maximum atomic E-state index is 11.5. The van der Waals surface area contributed by atoms with Crippen molar-refractivity contribution in [3.8, 4) is 0 Å². The van der Waals surface area contributed by atoms with Gasteiger partial charge in [0.1, 0.15) is 0 Å². The molecule has 2 aromatic carbocycles. The van der Waals surface area contributed by atoms with Crippen LogP contribution in [0.3, 0.4) is 0 Å². The summed E-state index contributed by atoms with van der Waals surface area (Å²) in [5.41, 5.74) is 3.94. The number of carboxylic acids is 1. The molecule has 0 fully saturated rings. The maximum Gasteiger partial charge on any atom is 0.335 e. The molecule has 3 atom stereocenters. The number of nitrogens with zero attached hydrogens (tertiary/aromatic N) is 1. The summed E-state index contributed by atoms with van der Waals surface area (Å²) in [5.74, 6) is -0.806. The molecule has 0 radical (unpaired) electrons. The molecule has 6 heteroatoms. The number of nitrogens with one attached hydrogen (secondary N) is 1. The summed E-state index contributed by atoms with van der Waals surface area (Å²) in [6.07, 6.45) is 4.97. The number of fused-ring (bicyclic) bond motifs is 3. The Morgan fingerprint density at radius 3 is 2.62 bits per heavy atom. The standard InChI is InChI=1S/C20H18N2O4/c1-11-5-10-16(22(25)26)17-14-3-2-4-15(14)19(21-18(11)17)12-6-8-13(9-7-12)20(23)24/h2-3,5-10,14-15,19,21H,4H2,1H3,(H,23,24)/t14-,15+,19+/m0/s1. The molecule has 1 aliphatic heterocycles. The minimum Gasteiger partial charge on any atom is -0.478 e. The van der Waals surface area contributed by atoms with Crippen molar-refractivity contribution < 1.29 is 14.8 Å². The molecule has 0 saturated carbocycles. The molecule has 132 valence electrons. The van der Waals surface area contributed by atoms with E-state index in [1.54, 1.807) is 24.3 Å². The Kier molecular flexibility index (Phi) is 3.76. The van der Waals surface area contributed by atoms with Crippen molar-refractivity contribution in [3.05, 3.63) is 80.9 Å². The number of aromatic carboxylic acids is 1. The van der Waals surface area contributed by atoms with Gasteiger partial charge in [0.25, 0.3) is 5.69 Å². The van der Waals surface area contributed by atoms with Crippen molar-refractivity contribution in [1.82, 2.24) is 0 Å². The Hall–Kier alpha value is -3.15. The zero-order chi connectivity index (χ0) is 18.4. The quantitative estimate of drug-likeness (QED) is 0.485. The average molecular weight is 350 g/mol. The Morgan fingerprint density at radius 1 is 1.23 bits per heavy atom. The molecule has 2 aromatic rings. The lowest BCUT2D eigenvalue weighted by Gasteiger charge is -2.38. The van der Waals surface area contributed by atoms with Gasteiger partial charge in [-0.25, -0.2) is 4.79 Å². The van der Waals surface area contributed by atoms with Gasteiger partial charge in [-0.2, -0.15) is 0 Å². The van der Waals surface area contributed by atoms with Crippen LogP contribution in [0.15, 0.2) is 48.6 Å². The molecule has 0 bridgehead atoms. The van der Waals surface area contributed by atoms with E-state index in [1.165, 1.54) is 0 Å². The summed E-state index contributed by atoms with van der Waals surface area (Å²) in [6.45, 7) is 1.94. The van der Waals surface area contributed by atoms with Crippen LogP contribution in [0, 0.1) is 23.0 Å². The highest BCUT2D eigenvalue weighted by Gasteiger charge is 2.42. The third-order valence-corrected chi connectivity index (χ3v) is 5.42. The van der Waals surface area contributed by atoms with Crippen LogP contribution in [0.2, 0.25) is 0 Å². The van der Waals surface area contributed by atoms with E-state index >= 15 is 0 Å². The second-order valence-corrected chi connectivity index (χ2v) is 6.85. The summed E-state index contributed by atoms with van der Waals surface area (Å²) < 4.78 is 0. The third kappa shape index (κ3) is 2.45. The van der Waals surface area contributed by atoms with E-state index in [1.807, 2.05) is 19.1 Å². The first-order chi connectivity index (χ1) is 12.5. The molecule has 0 aromatic heterocycles. The van der Waals surface area contributed by atoms with Gasteiger partial charge in [0.05, 0.1) is 22.1 Å². The van der Waals surface area contributed by atoms with Crippen molar-refractivity contribution in [2.45, 2.75) is 25.3 Å². The van der Waals surface area contributed by atoms with Crippen LogP contribution in [0.5, 0.6) is 0 Å². The normalized spacial score (nSPS) is 23.0. The van der Waals surface area contributed by atoms with Crippen molar-refractivity contribution >= 4 is 17.3 Å². The molecular formula is C20H18N2O4. The van der Waals surface area contributed by atoms with Crippen LogP contribution in [0.4, 0.5) is 11.4 Å². The zero-order valence-corrected chi connectivity index (χ0v) is 14.2. The molecular weight excluding hydrogens is 332 g/mol. The predicted octanol–water partition coefficient (Wildman–Crippen LogP) is 4.43. The number of anilines is 1. The molecule has 0 amide bonds. The Labute approximate surface area is 150 Å². The van der Waals surface area contributed by atoms with Gasteiger partial charge in [0, 0.05) is 17.7 Å². The molecule has 2 aliphatic rings.